The highest BCUT2D eigenvalue weighted by Gasteiger charge is 2.34. The minimum atomic E-state index is -0.795. The zero-order valence-corrected chi connectivity index (χ0v) is 13.6. The molecule has 23 heavy (non-hydrogen) atoms. The second-order valence-electron chi connectivity index (χ2n) is 6.46. The van der Waals surface area contributed by atoms with Gasteiger partial charge in [-0.05, 0) is 56.1 Å². The number of nitrogens with zero attached hydrogens (tertiary/aromatic N) is 2. The van der Waals surface area contributed by atoms with Crippen molar-refractivity contribution in [2.24, 2.45) is 0 Å². The quantitative estimate of drug-likeness (QED) is 0.922. The largest absolute Gasteiger partial charge is 0.491 e. The SMILES string of the molecule is Cc1cccc(OC[C@@]2(O)CCCN(Cc3ccccn3)C2)c1. The lowest BCUT2D eigenvalue weighted by Crippen LogP contribution is -2.51. The van der Waals surface area contributed by atoms with Gasteiger partial charge in [-0.2, -0.15) is 0 Å². The number of hydrogen-bond donors (Lipinski definition) is 1. The maximum absolute atomic E-state index is 10.9. The number of aryl methyl sites for hydroxylation is 1. The first kappa shape index (κ1) is 16.0. The highest BCUT2D eigenvalue weighted by Crippen LogP contribution is 2.24. The van der Waals surface area contributed by atoms with E-state index in [2.05, 4.69) is 9.88 Å². The highest BCUT2D eigenvalue weighted by atomic mass is 16.5. The van der Waals surface area contributed by atoms with Crippen molar-refractivity contribution in [3.8, 4) is 5.75 Å². The van der Waals surface area contributed by atoms with E-state index in [4.69, 9.17) is 4.74 Å². The van der Waals surface area contributed by atoms with E-state index < -0.39 is 5.60 Å². The fraction of sp³-hybridized carbons (Fsp3) is 0.421. The summed E-state index contributed by atoms with van der Waals surface area (Å²) in [5.74, 6) is 0.820. The molecule has 0 saturated carbocycles. The monoisotopic (exact) mass is 312 g/mol. The van der Waals surface area contributed by atoms with E-state index in [1.54, 1.807) is 0 Å². The lowest BCUT2D eigenvalue weighted by atomic mass is 9.93. The lowest BCUT2D eigenvalue weighted by Gasteiger charge is -2.38. The number of rotatable bonds is 5. The maximum Gasteiger partial charge on any atom is 0.119 e. The standard InChI is InChI=1S/C19H24N2O2/c1-16-6-4-8-18(12-16)23-15-19(22)9-5-11-21(14-19)13-17-7-2-3-10-20-17/h2-4,6-8,10,12,22H,5,9,11,13-15H2,1H3/t19-/m1/s1. The van der Waals surface area contributed by atoms with E-state index in [9.17, 15) is 5.11 Å². The first-order valence-corrected chi connectivity index (χ1v) is 8.17. The number of benzene rings is 1. The van der Waals surface area contributed by atoms with E-state index in [1.807, 2.05) is 55.6 Å². The smallest absolute Gasteiger partial charge is 0.119 e. The summed E-state index contributed by atoms with van der Waals surface area (Å²) in [5, 5.41) is 10.9. The minimum absolute atomic E-state index is 0.329. The Balaban J connectivity index is 1.58. The summed E-state index contributed by atoms with van der Waals surface area (Å²) in [6.45, 7) is 4.75. The summed E-state index contributed by atoms with van der Waals surface area (Å²) in [6.07, 6.45) is 3.56. The number of pyridine rings is 1. The first-order chi connectivity index (χ1) is 11.1. The van der Waals surface area contributed by atoms with Gasteiger partial charge in [-0.25, -0.2) is 0 Å². The van der Waals surface area contributed by atoms with Crippen LogP contribution in [0.3, 0.4) is 0 Å². The van der Waals surface area contributed by atoms with E-state index >= 15 is 0 Å². The summed E-state index contributed by atoms with van der Waals surface area (Å²) in [6, 6.07) is 13.9. The van der Waals surface area contributed by atoms with Crippen molar-refractivity contribution in [3.63, 3.8) is 0 Å². The number of piperidine rings is 1. The zero-order chi connectivity index (χ0) is 16.1. The summed E-state index contributed by atoms with van der Waals surface area (Å²) >= 11 is 0. The number of β-amino-alcohol motifs (C(OH)–C–C–N with tert-alkyl or cyclic N) is 1. The fourth-order valence-corrected chi connectivity index (χ4v) is 3.10. The summed E-state index contributed by atoms with van der Waals surface area (Å²) in [7, 11) is 0. The number of likely N-dealkylation sites (tertiary alicyclic amines) is 1. The molecule has 2 heterocycles. The molecule has 1 N–H and O–H groups in total. The Morgan fingerprint density at radius 2 is 2.17 bits per heavy atom. The third-order valence-corrected chi connectivity index (χ3v) is 4.24. The van der Waals surface area contributed by atoms with Crippen LogP contribution >= 0.6 is 0 Å². The van der Waals surface area contributed by atoms with Gasteiger partial charge < -0.3 is 9.84 Å². The van der Waals surface area contributed by atoms with Crippen LogP contribution in [0.25, 0.3) is 0 Å². The van der Waals surface area contributed by atoms with Crippen LogP contribution in [-0.4, -0.2) is 40.3 Å². The molecule has 1 atom stereocenters. The average molecular weight is 312 g/mol. The lowest BCUT2D eigenvalue weighted by molar-refractivity contribution is -0.0623. The van der Waals surface area contributed by atoms with Crippen molar-refractivity contribution >= 4 is 0 Å². The molecule has 3 rings (SSSR count). The van der Waals surface area contributed by atoms with Gasteiger partial charge in [0.1, 0.15) is 18.0 Å². The van der Waals surface area contributed by atoms with Crippen molar-refractivity contribution in [3.05, 3.63) is 59.9 Å². The van der Waals surface area contributed by atoms with E-state index in [-0.39, 0.29) is 0 Å². The molecule has 0 spiro atoms. The molecular weight excluding hydrogens is 288 g/mol. The maximum atomic E-state index is 10.9. The minimum Gasteiger partial charge on any atom is -0.491 e. The summed E-state index contributed by atoms with van der Waals surface area (Å²) < 4.78 is 5.84. The Kier molecular flexibility index (Phi) is 4.94. The second kappa shape index (κ2) is 7.11. The molecule has 4 nitrogen and oxygen atoms in total. The number of hydrogen-bond acceptors (Lipinski definition) is 4. The Morgan fingerprint density at radius 3 is 2.96 bits per heavy atom. The van der Waals surface area contributed by atoms with Gasteiger partial charge in [-0.15, -0.1) is 0 Å². The van der Waals surface area contributed by atoms with Gasteiger partial charge in [0.15, 0.2) is 0 Å². The molecule has 1 aliphatic heterocycles. The molecule has 122 valence electrons. The fourth-order valence-electron chi connectivity index (χ4n) is 3.10. The highest BCUT2D eigenvalue weighted by molar-refractivity contribution is 5.27. The number of aliphatic hydroxyl groups is 1. The third kappa shape index (κ3) is 4.53. The molecule has 1 fully saturated rings. The molecule has 1 aliphatic rings. The van der Waals surface area contributed by atoms with Gasteiger partial charge in [0.2, 0.25) is 0 Å². The van der Waals surface area contributed by atoms with Crippen molar-refractivity contribution in [2.75, 3.05) is 19.7 Å². The van der Waals surface area contributed by atoms with Crippen molar-refractivity contribution < 1.29 is 9.84 Å². The van der Waals surface area contributed by atoms with Gasteiger partial charge >= 0.3 is 0 Å². The van der Waals surface area contributed by atoms with Crippen molar-refractivity contribution in [1.82, 2.24) is 9.88 Å². The average Bonchev–Trinajstić information content (AvgIpc) is 2.54. The van der Waals surface area contributed by atoms with Crippen LogP contribution in [0.5, 0.6) is 5.75 Å². The molecule has 4 heteroatoms. The topological polar surface area (TPSA) is 45.6 Å². The molecular formula is C19H24N2O2. The van der Waals surface area contributed by atoms with Crippen LogP contribution in [0.15, 0.2) is 48.7 Å². The molecule has 2 aromatic rings. The van der Waals surface area contributed by atoms with Crippen molar-refractivity contribution in [2.45, 2.75) is 31.9 Å². The van der Waals surface area contributed by atoms with Gasteiger partial charge in [0.05, 0.1) is 5.69 Å². The number of aromatic nitrogens is 1. The predicted octanol–water partition coefficient (Wildman–Crippen LogP) is 2.80. The van der Waals surface area contributed by atoms with Gasteiger partial charge in [0, 0.05) is 19.3 Å². The molecule has 0 amide bonds. The predicted molar refractivity (Wildman–Crippen MR) is 90.4 cm³/mol. The van der Waals surface area contributed by atoms with Gasteiger partial charge in [-0.1, -0.05) is 18.2 Å². The normalized spacial score (nSPS) is 22.0. The Labute approximate surface area is 137 Å². The third-order valence-electron chi connectivity index (χ3n) is 4.24. The van der Waals surface area contributed by atoms with E-state index in [0.717, 1.165) is 42.9 Å². The Hall–Kier alpha value is -1.91. The van der Waals surface area contributed by atoms with E-state index in [1.165, 1.54) is 0 Å². The van der Waals surface area contributed by atoms with Gasteiger partial charge in [0.25, 0.3) is 0 Å². The van der Waals surface area contributed by atoms with Crippen molar-refractivity contribution in [1.29, 1.82) is 0 Å². The molecule has 0 radical (unpaired) electrons. The Bertz CT molecular complexity index is 632. The van der Waals surface area contributed by atoms with E-state index in [0.29, 0.717) is 13.2 Å². The second-order valence-corrected chi connectivity index (χ2v) is 6.46. The van der Waals surface area contributed by atoms with Crippen LogP contribution in [0.2, 0.25) is 0 Å². The number of ether oxygens (including phenoxy) is 1. The van der Waals surface area contributed by atoms with Crippen LogP contribution in [0.1, 0.15) is 24.1 Å². The Morgan fingerprint density at radius 1 is 1.26 bits per heavy atom. The zero-order valence-electron chi connectivity index (χ0n) is 13.6. The van der Waals surface area contributed by atoms with Crippen LogP contribution in [0.4, 0.5) is 0 Å². The van der Waals surface area contributed by atoms with Crippen LogP contribution in [0, 0.1) is 6.92 Å². The summed E-state index contributed by atoms with van der Waals surface area (Å²) in [4.78, 5) is 6.62. The molecule has 0 unspecified atom stereocenters. The van der Waals surface area contributed by atoms with Crippen LogP contribution in [-0.2, 0) is 6.54 Å². The molecule has 1 saturated heterocycles. The first-order valence-electron chi connectivity index (χ1n) is 8.17. The van der Waals surface area contributed by atoms with Crippen LogP contribution < -0.4 is 4.74 Å². The molecule has 1 aromatic heterocycles. The molecule has 0 bridgehead atoms. The molecule has 0 aliphatic carbocycles. The van der Waals surface area contributed by atoms with Gasteiger partial charge in [-0.3, -0.25) is 9.88 Å². The summed E-state index contributed by atoms with van der Waals surface area (Å²) in [5.41, 5.74) is 1.41. The molecule has 1 aromatic carbocycles.